The fourth-order valence-corrected chi connectivity index (χ4v) is 1.56. The van der Waals surface area contributed by atoms with Crippen LogP contribution < -0.4 is 5.73 Å². The van der Waals surface area contributed by atoms with Crippen molar-refractivity contribution < 1.29 is 5.11 Å². The molecule has 0 spiro atoms. The van der Waals surface area contributed by atoms with Crippen molar-refractivity contribution in [2.24, 2.45) is 11.7 Å². The average molecular weight is 177 g/mol. The zero-order chi connectivity index (χ0) is 9.26. The Hall–Kier alpha value is -1.02. The molecule has 1 aromatic carbocycles. The van der Waals surface area contributed by atoms with Crippen LogP contribution in [0.4, 0.5) is 0 Å². The van der Waals surface area contributed by atoms with E-state index in [0.717, 1.165) is 17.9 Å². The summed E-state index contributed by atoms with van der Waals surface area (Å²) < 4.78 is 0. The maximum atomic E-state index is 9.54. The van der Waals surface area contributed by atoms with Crippen molar-refractivity contribution in [2.45, 2.75) is 25.8 Å². The van der Waals surface area contributed by atoms with Gasteiger partial charge in [-0.1, -0.05) is 12.1 Å². The lowest BCUT2D eigenvalue weighted by atomic mass is 10.1. The Morgan fingerprint density at radius 2 is 2.15 bits per heavy atom. The number of benzene rings is 1. The molecule has 2 rings (SSSR count). The highest BCUT2D eigenvalue weighted by atomic mass is 16.3. The van der Waals surface area contributed by atoms with Gasteiger partial charge in [-0.2, -0.15) is 0 Å². The number of rotatable bonds is 3. The molecule has 0 saturated heterocycles. The highest BCUT2D eigenvalue weighted by molar-refractivity contribution is 5.36. The van der Waals surface area contributed by atoms with E-state index >= 15 is 0 Å². The molecule has 3 N–H and O–H groups in total. The van der Waals surface area contributed by atoms with E-state index in [1.165, 1.54) is 18.4 Å². The van der Waals surface area contributed by atoms with Gasteiger partial charge in [-0.3, -0.25) is 0 Å². The van der Waals surface area contributed by atoms with Crippen LogP contribution in [-0.4, -0.2) is 5.11 Å². The number of aromatic hydroxyl groups is 1. The van der Waals surface area contributed by atoms with Crippen molar-refractivity contribution in [1.82, 2.24) is 0 Å². The normalized spacial score (nSPS) is 16.1. The Labute approximate surface area is 78.4 Å². The minimum Gasteiger partial charge on any atom is -0.508 e. The van der Waals surface area contributed by atoms with E-state index in [-0.39, 0.29) is 0 Å². The summed E-state index contributed by atoms with van der Waals surface area (Å²) in [6, 6.07) is 5.84. The fraction of sp³-hybridized carbons (Fsp3) is 0.455. The highest BCUT2D eigenvalue weighted by Gasteiger charge is 2.21. The fourth-order valence-electron chi connectivity index (χ4n) is 1.56. The van der Waals surface area contributed by atoms with E-state index in [0.29, 0.717) is 12.3 Å². The predicted molar refractivity (Wildman–Crippen MR) is 52.4 cm³/mol. The van der Waals surface area contributed by atoms with Crippen LogP contribution in [-0.2, 0) is 13.0 Å². The van der Waals surface area contributed by atoms with Crippen molar-refractivity contribution in [1.29, 1.82) is 0 Å². The third kappa shape index (κ3) is 2.01. The lowest BCUT2D eigenvalue weighted by molar-refractivity contribution is 0.467. The lowest BCUT2D eigenvalue weighted by Gasteiger charge is -2.04. The second-order valence-electron chi connectivity index (χ2n) is 3.81. The summed E-state index contributed by atoms with van der Waals surface area (Å²) in [7, 11) is 0. The minimum atomic E-state index is 0.348. The van der Waals surface area contributed by atoms with Crippen LogP contribution >= 0.6 is 0 Å². The molecule has 0 amide bonds. The smallest absolute Gasteiger partial charge is 0.120 e. The van der Waals surface area contributed by atoms with E-state index in [9.17, 15) is 5.11 Å². The summed E-state index contributed by atoms with van der Waals surface area (Å²) in [5.74, 6) is 1.21. The number of nitrogens with two attached hydrogens (primary N) is 1. The van der Waals surface area contributed by atoms with Gasteiger partial charge in [0.1, 0.15) is 5.75 Å². The third-order valence-corrected chi connectivity index (χ3v) is 2.59. The first-order chi connectivity index (χ1) is 6.29. The van der Waals surface area contributed by atoms with E-state index in [2.05, 4.69) is 6.07 Å². The molecule has 1 aliphatic rings. The maximum Gasteiger partial charge on any atom is 0.120 e. The molecular formula is C11H15NO. The molecule has 1 aromatic rings. The van der Waals surface area contributed by atoms with Crippen LogP contribution in [0.15, 0.2) is 18.2 Å². The number of phenols is 1. The standard InChI is InChI=1S/C11H15NO/c12-7-10-4-3-9(6-11(10)13)5-8-1-2-8/h3-4,6,8,13H,1-2,5,7,12H2. The first-order valence-electron chi connectivity index (χ1n) is 4.80. The SMILES string of the molecule is NCc1ccc(CC2CC2)cc1O. The summed E-state index contributed by atoms with van der Waals surface area (Å²) in [4.78, 5) is 0. The third-order valence-electron chi connectivity index (χ3n) is 2.59. The molecular weight excluding hydrogens is 162 g/mol. The second kappa shape index (κ2) is 3.38. The van der Waals surface area contributed by atoms with Crippen LogP contribution in [0.1, 0.15) is 24.0 Å². The van der Waals surface area contributed by atoms with E-state index in [1.807, 2.05) is 12.1 Å². The second-order valence-corrected chi connectivity index (χ2v) is 3.81. The molecule has 0 unspecified atom stereocenters. The molecule has 0 aliphatic heterocycles. The van der Waals surface area contributed by atoms with Crippen LogP contribution in [0.3, 0.4) is 0 Å². The molecule has 0 bridgehead atoms. The Kier molecular flexibility index (Phi) is 2.23. The van der Waals surface area contributed by atoms with Crippen LogP contribution in [0.5, 0.6) is 5.75 Å². The van der Waals surface area contributed by atoms with E-state index in [1.54, 1.807) is 0 Å². The lowest BCUT2D eigenvalue weighted by Crippen LogP contribution is -1.97. The van der Waals surface area contributed by atoms with Gasteiger partial charge in [0, 0.05) is 12.1 Å². The van der Waals surface area contributed by atoms with Gasteiger partial charge in [0.15, 0.2) is 0 Å². The summed E-state index contributed by atoms with van der Waals surface area (Å²) in [5, 5.41) is 9.54. The van der Waals surface area contributed by atoms with Crippen LogP contribution in [0.2, 0.25) is 0 Å². The zero-order valence-electron chi connectivity index (χ0n) is 7.66. The molecule has 13 heavy (non-hydrogen) atoms. The van der Waals surface area contributed by atoms with Crippen LogP contribution in [0.25, 0.3) is 0 Å². The van der Waals surface area contributed by atoms with Gasteiger partial charge in [0.25, 0.3) is 0 Å². The van der Waals surface area contributed by atoms with Gasteiger partial charge in [0.05, 0.1) is 0 Å². The largest absolute Gasteiger partial charge is 0.508 e. The van der Waals surface area contributed by atoms with Crippen LogP contribution in [0, 0.1) is 5.92 Å². The predicted octanol–water partition coefficient (Wildman–Crippen LogP) is 1.80. The van der Waals surface area contributed by atoms with E-state index < -0.39 is 0 Å². The zero-order valence-corrected chi connectivity index (χ0v) is 7.66. The molecule has 70 valence electrons. The Bertz CT molecular complexity index is 305. The number of hydrogen-bond acceptors (Lipinski definition) is 2. The monoisotopic (exact) mass is 177 g/mol. The van der Waals surface area contributed by atoms with Gasteiger partial charge >= 0.3 is 0 Å². The summed E-state index contributed by atoms with van der Waals surface area (Å²) in [5.41, 5.74) is 7.52. The number of hydrogen-bond donors (Lipinski definition) is 2. The van der Waals surface area contributed by atoms with Gasteiger partial charge < -0.3 is 10.8 Å². The van der Waals surface area contributed by atoms with Gasteiger partial charge in [-0.15, -0.1) is 0 Å². The molecule has 0 atom stereocenters. The Balaban J connectivity index is 2.13. The maximum absolute atomic E-state index is 9.54. The summed E-state index contributed by atoms with van der Waals surface area (Å²) in [6.45, 7) is 0.412. The topological polar surface area (TPSA) is 46.2 Å². The van der Waals surface area contributed by atoms with Gasteiger partial charge in [-0.05, 0) is 36.8 Å². The van der Waals surface area contributed by atoms with E-state index in [4.69, 9.17) is 5.73 Å². The minimum absolute atomic E-state index is 0.348. The first-order valence-corrected chi connectivity index (χ1v) is 4.80. The van der Waals surface area contributed by atoms with Crippen molar-refractivity contribution in [3.8, 4) is 5.75 Å². The summed E-state index contributed by atoms with van der Waals surface area (Å²) >= 11 is 0. The van der Waals surface area contributed by atoms with Crippen molar-refractivity contribution >= 4 is 0 Å². The Morgan fingerprint density at radius 3 is 2.69 bits per heavy atom. The molecule has 1 saturated carbocycles. The average Bonchev–Trinajstić information content (AvgIpc) is 2.89. The first kappa shape index (κ1) is 8.57. The molecule has 0 aromatic heterocycles. The Morgan fingerprint density at radius 1 is 1.38 bits per heavy atom. The summed E-state index contributed by atoms with van der Waals surface area (Å²) in [6.07, 6.45) is 3.80. The molecule has 1 fully saturated rings. The highest BCUT2D eigenvalue weighted by Crippen LogP contribution is 2.33. The number of phenolic OH excluding ortho intramolecular Hbond substituents is 1. The van der Waals surface area contributed by atoms with Gasteiger partial charge in [-0.25, -0.2) is 0 Å². The molecule has 0 heterocycles. The molecule has 2 nitrogen and oxygen atoms in total. The molecule has 1 aliphatic carbocycles. The quantitative estimate of drug-likeness (QED) is 0.739. The molecule has 2 heteroatoms. The molecule has 0 radical (unpaired) electrons. The van der Waals surface area contributed by atoms with Gasteiger partial charge in [0.2, 0.25) is 0 Å². The van der Waals surface area contributed by atoms with Crippen molar-refractivity contribution in [3.05, 3.63) is 29.3 Å². The van der Waals surface area contributed by atoms with Crippen molar-refractivity contribution in [3.63, 3.8) is 0 Å². The van der Waals surface area contributed by atoms with Crippen molar-refractivity contribution in [2.75, 3.05) is 0 Å².